The van der Waals surface area contributed by atoms with Crippen LogP contribution in [0.15, 0.2) is 24.3 Å². The molecule has 1 aromatic carbocycles. The molecule has 1 aliphatic rings. The van der Waals surface area contributed by atoms with Crippen molar-refractivity contribution in [3.05, 3.63) is 41.5 Å². The van der Waals surface area contributed by atoms with Crippen LogP contribution in [0.3, 0.4) is 0 Å². The summed E-state index contributed by atoms with van der Waals surface area (Å²) in [5.41, 5.74) is 0.978. The summed E-state index contributed by atoms with van der Waals surface area (Å²) >= 11 is 7.00. The smallest absolute Gasteiger partial charge is 0.237 e. The van der Waals surface area contributed by atoms with Crippen LogP contribution in [-0.2, 0) is 11.2 Å². The maximum Gasteiger partial charge on any atom is 0.237 e. The van der Waals surface area contributed by atoms with Crippen molar-refractivity contribution in [2.24, 2.45) is 0 Å². The highest BCUT2D eigenvalue weighted by Crippen LogP contribution is 2.22. The zero-order chi connectivity index (χ0) is 17.1. The second-order valence-corrected chi connectivity index (χ2v) is 6.81. The molecular weight excluding hydrogens is 351 g/mol. The van der Waals surface area contributed by atoms with Gasteiger partial charge in [0, 0.05) is 43.6 Å². The molecule has 24 heavy (non-hydrogen) atoms. The van der Waals surface area contributed by atoms with Gasteiger partial charge in [0.2, 0.25) is 11.0 Å². The molecule has 1 fully saturated rings. The lowest BCUT2D eigenvalue weighted by molar-refractivity contribution is -0.130. The third kappa shape index (κ3) is 3.84. The fourth-order valence-electron chi connectivity index (χ4n) is 2.81. The summed E-state index contributed by atoms with van der Waals surface area (Å²) in [5, 5.41) is 0.858. The summed E-state index contributed by atoms with van der Waals surface area (Å²) in [5.74, 6) is 0.473. The Balaban J connectivity index is 1.63. The molecule has 0 unspecified atom stereocenters. The van der Waals surface area contributed by atoms with Crippen LogP contribution in [0.5, 0.6) is 0 Å². The van der Waals surface area contributed by atoms with Gasteiger partial charge in [-0.1, -0.05) is 12.1 Å². The number of carbonyl (C=O) groups excluding carboxylic acids is 1. The number of amides is 1. The Morgan fingerprint density at radius 3 is 2.79 bits per heavy atom. The average molecular weight is 369 g/mol. The Bertz CT molecular complexity index is 708. The van der Waals surface area contributed by atoms with E-state index in [9.17, 15) is 9.18 Å². The molecule has 8 heteroatoms. The molecule has 1 atom stereocenters. The minimum atomic E-state index is -0.246. The second-order valence-electron chi connectivity index (χ2n) is 5.81. The second kappa shape index (κ2) is 7.44. The number of alkyl halides is 1. The van der Waals surface area contributed by atoms with Gasteiger partial charge < -0.3 is 9.80 Å². The minimum absolute atomic E-state index is 0.0188. The van der Waals surface area contributed by atoms with E-state index in [0.29, 0.717) is 19.5 Å². The maximum atomic E-state index is 13.0. The third-order valence-corrected chi connectivity index (χ3v) is 5.11. The first-order valence-corrected chi connectivity index (χ1v) is 9.05. The lowest BCUT2D eigenvalue weighted by Gasteiger charge is -2.39. The molecule has 3 rings (SSSR count). The van der Waals surface area contributed by atoms with Crippen molar-refractivity contribution < 1.29 is 9.18 Å². The average Bonchev–Trinajstić information content (AvgIpc) is 3.05. The zero-order valence-corrected chi connectivity index (χ0v) is 14.9. The molecule has 1 aliphatic heterocycles. The summed E-state index contributed by atoms with van der Waals surface area (Å²) in [6.45, 7) is 4.09. The van der Waals surface area contributed by atoms with Gasteiger partial charge in [-0.25, -0.2) is 9.37 Å². The highest BCUT2D eigenvalue weighted by atomic mass is 35.5. The SMILES string of the molecule is C[C@H]1CN(c2nc(Cc3ccc(F)cc3)ns2)CCN1C(=O)CCl. The van der Waals surface area contributed by atoms with Crippen LogP contribution in [0.25, 0.3) is 0 Å². The molecule has 5 nitrogen and oxygen atoms in total. The molecule has 0 bridgehead atoms. The standard InChI is InChI=1S/C16H18ClFN4OS/c1-11-10-21(6-7-22(11)15(23)9-17)16-19-14(20-24-16)8-12-2-4-13(18)5-3-12/h2-5,11H,6-10H2,1H3/t11-/m0/s1. The Morgan fingerprint density at radius 2 is 2.12 bits per heavy atom. The molecule has 0 radical (unpaired) electrons. The first kappa shape index (κ1) is 17.1. The van der Waals surface area contributed by atoms with Crippen LogP contribution in [0.2, 0.25) is 0 Å². The van der Waals surface area contributed by atoms with Gasteiger partial charge in [0.15, 0.2) is 0 Å². The molecule has 1 amide bonds. The van der Waals surface area contributed by atoms with E-state index in [4.69, 9.17) is 11.6 Å². The Morgan fingerprint density at radius 1 is 1.38 bits per heavy atom. The van der Waals surface area contributed by atoms with Crippen LogP contribution in [0.4, 0.5) is 9.52 Å². The number of carbonyl (C=O) groups is 1. The van der Waals surface area contributed by atoms with E-state index in [1.54, 1.807) is 12.1 Å². The summed E-state index contributed by atoms with van der Waals surface area (Å²) in [7, 11) is 0. The molecule has 1 aromatic heterocycles. The minimum Gasteiger partial charge on any atom is -0.343 e. The van der Waals surface area contributed by atoms with E-state index in [2.05, 4.69) is 14.3 Å². The van der Waals surface area contributed by atoms with E-state index in [-0.39, 0.29) is 23.6 Å². The van der Waals surface area contributed by atoms with Gasteiger partial charge in [-0.15, -0.1) is 11.6 Å². The number of halogens is 2. The number of aromatic nitrogens is 2. The lowest BCUT2D eigenvalue weighted by atomic mass is 10.1. The van der Waals surface area contributed by atoms with Gasteiger partial charge in [0.1, 0.15) is 17.5 Å². The van der Waals surface area contributed by atoms with E-state index in [1.165, 1.54) is 23.7 Å². The fraction of sp³-hybridized carbons (Fsp3) is 0.438. The topological polar surface area (TPSA) is 49.3 Å². The van der Waals surface area contributed by atoms with E-state index in [1.807, 2.05) is 11.8 Å². The first-order chi connectivity index (χ1) is 11.6. The molecule has 0 N–H and O–H groups in total. The van der Waals surface area contributed by atoms with Crippen molar-refractivity contribution in [1.29, 1.82) is 0 Å². The number of benzene rings is 1. The molecule has 1 saturated heterocycles. The van der Waals surface area contributed by atoms with E-state index >= 15 is 0 Å². The van der Waals surface area contributed by atoms with Crippen molar-refractivity contribution in [1.82, 2.24) is 14.3 Å². The third-order valence-electron chi connectivity index (χ3n) is 4.07. The maximum absolute atomic E-state index is 13.0. The van der Waals surface area contributed by atoms with Crippen molar-refractivity contribution in [3.63, 3.8) is 0 Å². The lowest BCUT2D eigenvalue weighted by Crippen LogP contribution is -2.54. The van der Waals surface area contributed by atoms with Crippen molar-refractivity contribution in [2.75, 3.05) is 30.4 Å². The van der Waals surface area contributed by atoms with Crippen molar-refractivity contribution in [3.8, 4) is 0 Å². The summed E-state index contributed by atoms with van der Waals surface area (Å²) in [6, 6.07) is 6.47. The Kier molecular flexibility index (Phi) is 5.30. The molecule has 0 saturated carbocycles. The van der Waals surface area contributed by atoms with Crippen LogP contribution in [0.1, 0.15) is 18.3 Å². The van der Waals surface area contributed by atoms with Crippen molar-refractivity contribution >= 4 is 34.2 Å². The first-order valence-electron chi connectivity index (χ1n) is 7.74. The Labute approximate surface area is 149 Å². The number of hydrogen-bond acceptors (Lipinski definition) is 5. The summed E-state index contributed by atoms with van der Waals surface area (Å²) in [6.07, 6.45) is 0.580. The number of rotatable bonds is 4. The fourth-order valence-corrected chi connectivity index (χ4v) is 3.68. The zero-order valence-electron chi connectivity index (χ0n) is 13.3. The van der Waals surface area contributed by atoms with Gasteiger partial charge in [-0.2, -0.15) is 4.37 Å². The van der Waals surface area contributed by atoms with Gasteiger partial charge in [0.05, 0.1) is 0 Å². The predicted octanol–water partition coefficient (Wildman–Crippen LogP) is 2.54. The Hall–Kier alpha value is -1.73. The molecule has 2 aromatic rings. The van der Waals surface area contributed by atoms with Crippen LogP contribution >= 0.6 is 23.1 Å². The van der Waals surface area contributed by atoms with Crippen molar-refractivity contribution in [2.45, 2.75) is 19.4 Å². The highest BCUT2D eigenvalue weighted by Gasteiger charge is 2.28. The van der Waals surface area contributed by atoms with E-state index < -0.39 is 0 Å². The highest BCUT2D eigenvalue weighted by molar-refractivity contribution is 7.09. The van der Waals surface area contributed by atoms with Gasteiger partial charge in [0.25, 0.3) is 0 Å². The normalized spacial score (nSPS) is 18.0. The number of nitrogens with zero attached hydrogens (tertiary/aromatic N) is 4. The van der Waals surface area contributed by atoms with Gasteiger partial charge in [-0.05, 0) is 24.6 Å². The quantitative estimate of drug-likeness (QED) is 0.778. The number of hydrogen-bond donors (Lipinski definition) is 0. The van der Waals surface area contributed by atoms with Crippen LogP contribution in [0, 0.1) is 5.82 Å². The summed E-state index contributed by atoms with van der Waals surface area (Å²) in [4.78, 5) is 20.3. The van der Waals surface area contributed by atoms with E-state index in [0.717, 1.165) is 23.1 Å². The molecule has 2 heterocycles. The van der Waals surface area contributed by atoms with Gasteiger partial charge >= 0.3 is 0 Å². The number of piperazine rings is 1. The largest absolute Gasteiger partial charge is 0.343 e. The molecule has 0 spiro atoms. The summed E-state index contributed by atoms with van der Waals surface area (Å²) < 4.78 is 17.3. The molecule has 0 aliphatic carbocycles. The van der Waals surface area contributed by atoms with Crippen LogP contribution in [-0.4, -0.2) is 51.7 Å². The monoisotopic (exact) mass is 368 g/mol. The van der Waals surface area contributed by atoms with Crippen LogP contribution < -0.4 is 4.90 Å². The molecule has 128 valence electrons. The number of anilines is 1. The molecular formula is C16H18ClFN4OS. The predicted molar refractivity (Wildman–Crippen MR) is 93.2 cm³/mol. The van der Waals surface area contributed by atoms with Gasteiger partial charge in [-0.3, -0.25) is 4.79 Å².